The molecule has 1 amide bonds. The minimum absolute atomic E-state index is 0.420. The number of nitrogens with zero attached hydrogens (tertiary/aromatic N) is 2. The summed E-state index contributed by atoms with van der Waals surface area (Å²) in [7, 11) is 0. The molecule has 0 bridgehead atoms. The van der Waals surface area contributed by atoms with Crippen LogP contribution in [-0.2, 0) is 11.2 Å². The number of hydrogen-bond acceptors (Lipinski definition) is 6. The fraction of sp³-hybridized carbons (Fsp3) is 0.290. The number of amides is 1. The number of aromatic nitrogens is 1. The van der Waals surface area contributed by atoms with Crippen molar-refractivity contribution in [3.63, 3.8) is 0 Å². The summed E-state index contributed by atoms with van der Waals surface area (Å²) in [5.41, 5.74) is 6.97. The van der Waals surface area contributed by atoms with Gasteiger partial charge in [-0.05, 0) is 66.1 Å². The lowest BCUT2D eigenvalue weighted by Gasteiger charge is -2.40. The Morgan fingerprint density at radius 1 is 0.975 bits per heavy atom. The van der Waals surface area contributed by atoms with E-state index in [1.807, 2.05) is 24.4 Å². The summed E-state index contributed by atoms with van der Waals surface area (Å²) in [5, 5.41) is 37.6. The zero-order chi connectivity index (χ0) is 27.8. The zero-order valence-electron chi connectivity index (χ0n) is 21.6. The molecule has 1 aliphatic heterocycles. The molecule has 0 radical (unpaired) electrons. The monoisotopic (exact) mass is 559 g/mol. The van der Waals surface area contributed by atoms with Gasteiger partial charge in [-0.2, -0.15) is 5.10 Å². The highest BCUT2D eigenvalue weighted by Crippen LogP contribution is 2.40. The first kappa shape index (κ1) is 26.7. The molecule has 1 aromatic heterocycles. The van der Waals surface area contributed by atoms with Crippen LogP contribution in [0.4, 0.5) is 0 Å². The Hall–Kier alpha value is -3.53. The quantitative estimate of drug-likeness (QED) is 0.200. The highest BCUT2D eigenvalue weighted by atomic mass is 35.5. The molecule has 1 aliphatic carbocycles. The molecule has 2 heterocycles. The van der Waals surface area contributed by atoms with Crippen molar-refractivity contribution in [3.8, 4) is 0 Å². The van der Waals surface area contributed by atoms with Crippen LogP contribution in [0.5, 0.6) is 0 Å². The Bertz CT molecular complexity index is 1530. The van der Waals surface area contributed by atoms with Gasteiger partial charge in [0.2, 0.25) is 0 Å². The lowest BCUT2D eigenvalue weighted by atomic mass is 9.98. The Morgan fingerprint density at radius 3 is 2.45 bits per heavy atom. The number of fused-ring (bicyclic) bond motifs is 1. The predicted octanol–water partition coefficient (Wildman–Crippen LogP) is 4.16. The predicted molar refractivity (Wildman–Crippen MR) is 153 cm³/mol. The van der Waals surface area contributed by atoms with Crippen molar-refractivity contribution >= 4 is 34.6 Å². The first-order chi connectivity index (χ1) is 19.4. The Morgan fingerprint density at radius 2 is 1.73 bits per heavy atom. The number of carbonyl (C=O) groups is 1. The average Bonchev–Trinajstić information content (AvgIpc) is 3.76. The highest BCUT2D eigenvalue weighted by Gasteiger charge is 2.44. The van der Waals surface area contributed by atoms with E-state index in [2.05, 4.69) is 34.8 Å². The molecule has 1 saturated heterocycles. The maximum Gasteiger partial charge on any atom is 0.271 e. The van der Waals surface area contributed by atoms with Crippen LogP contribution in [0.2, 0.25) is 5.02 Å². The largest absolute Gasteiger partial charge is 0.387 e. The topological polar surface area (TPSA) is 116 Å². The molecule has 4 aromatic rings. The minimum Gasteiger partial charge on any atom is -0.387 e. The van der Waals surface area contributed by atoms with E-state index in [0.717, 1.165) is 22.0 Å². The minimum atomic E-state index is -1.52. The fourth-order valence-electron chi connectivity index (χ4n) is 5.30. The van der Waals surface area contributed by atoms with Gasteiger partial charge in [0.1, 0.15) is 24.4 Å². The summed E-state index contributed by atoms with van der Waals surface area (Å²) in [5.74, 6) is 0.250. The van der Waals surface area contributed by atoms with Gasteiger partial charge in [0.05, 0.1) is 16.8 Å². The van der Waals surface area contributed by atoms with Crippen LogP contribution >= 0.6 is 11.6 Å². The van der Waals surface area contributed by atoms with Gasteiger partial charge in [-0.1, -0.05) is 60.1 Å². The number of aliphatic hydroxyl groups excluding tert-OH is 3. The summed E-state index contributed by atoms with van der Waals surface area (Å²) in [6, 6.07) is 22.7. The molecule has 1 saturated carbocycles. The van der Waals surface area contributed by atoms with Crippen molar-refractivity contribution in [2.45, 2.75) is 55.8 Å². The van der Waals surface area contributed by atoms with Crippen LogP contribution in [0.25, 0.3) is 10.9 Å². The molecule has 0 unspecified atom stereocenters. The average molecular weight is 560 g/mol. The van der Waals surface area contributed by atoms with Crippen molar-refractivity contribution in [2.24, 2.45) is 5.10 Å². The molecule has 9 heteroatoms. The van der Waals surface area contributed by atoms with Crippen LogP contribution in [0, 0.1) is 0 Å². The van der Waals surface area contributed by atoms with E-state index in [1.54, 1.807) is 34.9 Å². The zero-order valence-corrected chi connectivity index (χ0v) is 22.4. The van der Waals surface area contributed by atoms with Crippen LogP contribution < -0.4 is 5.43 Å². The summed E-state index contributed by atoms with van der Waals surface area (Å²) >= 11 is 6.65. The van der Waals surface area contributed by atoms with E-state index < -0.39 is 36.6 Å². The molecule has 3 aromatic carbocycles. The van der Waals surface area contributed by atoms with Gasteiger partial charge in [-0.15, -0.1) is 0 Å². The number of carbonyl (C=O) groups excluding carboxylic acids is 1. The van der Waals surface area contributed by atoms with Crippen molar-refractivity contribution < 1.29 is 24.9 Å². The molecule has 5 atom stereocenters. The number of ether oxygens (including phenoxy) is 1. The molecular weight excluding hydrogens is 530 g/mol. The lowest BCUT2D eigenvalue weighted by Crippen LogP contribution is -2.56. The SMILES string of the molecule is O=C(N/N=C/[C@H]1O[C@@H](n2cc(Cc3ccc(C4CC4)cc3)c3c(Cl)cccc32)[C@H](O)[C@@H](O)[C@@H]1O)c1ccccc1. The van der Waals surface area contributed by atoms with Crippen LogP contribution in [0.3, 0.4) is 0 Å². The van der Waals surface area contributed by atoms with E-state index in [1.165, 1.54) is 24.6 Å². The third kappa shape index (κ3) is 5.29. The van der Waals surface area contributed by atoms with Crippen molar-refractivity contribution in [3.05, 3.63) is 106 Å². The summed E-state index contributed by atoms with van der Waals surface area (Å²) in [6.07, 6.45) is -0.365. The third-order valence-electron chi connectivity index (χ3n) is 7.63. The highest BCUT2D eigenvalue weighted by molar-refractivity contribution is 6.35. The number of nitrogens with one attached hydrogen (secondary N) is 1. The Kier molecular flexibility index (Phi) is 7.44. The van der Waals surface area contributed by atoms with E-state index in [-0.39, 0.29) is 0 Å². The maximum absolute atomic E-state index is 12.3. The van der Waals surface area contributed by atoms with Gasteiger partial charge in [-0.3, -0.25) is 4.79 Å². The Labute approximate surface area is 236 Å². The van der Waals surface area contributed by atoms with Crippen molar-refractivity contribution in [1.82, 2.24) is 9.99 Å². The van der Waals surface area contributed by atoms with E-state index in [4.69, 9.17) is 16.3 Å². The first-order valence-corrected chi connectivity index (χ1v) is 13.7. The second-order valence-electron chi connectivity index (χ2n) is 10.4. The van der Waals surface area contributed by atoms with Gasteiger partial charge in [0, 0.05) is 17.1 Å². The number of rotatable bonds is 7. The Balaban J connectivity index is 1.27. The molecule has 2 fully saturated rings. The van der Waals surface area contributed by atoms with Crippen molar-refractivity contribution in [1.29, 1.82) is 0 Å². The second kappa shape index (κ2) is 11.2. The molecule has 40 heavy (non-hydrogen) atoms. The van der Waals surface area contributed by atoms with Crippen LogP contribution in [-0.4, -0.2) is 56.4 Å². The van der Waals surface area contributed by atoms with E-state index >= 15 is 0 Å². The standard InChI is InChI=1S/C31H30ClN3O5/c32-23-7-4-8-24-26(23)22(15-18-9-11-19(12-10-18)20-13-14-20)17-35(24)31-29(38)28(37)27(36)25(40-31)16-33-34-30(39)21-5-2-1-3-6-21/h1-12,16-17,20,25,27-29,31,36-38H,13-15H2,(H,34,39)/b33-16+/t25-,27-,28+,29-,31-/m1/s1. The fourth-order valence-corrected chi connectivity index (χ4v) is 5.59. The summed E-state index contributed by atoms with van der Waals surface area (Å²) in [4.78, 5) is 12.3. The molecule has 2 aliphatic rings. The number of benzene rings is 3. The number of hydrogen-bond donors (Lipinski definition) is 4. The molecular formula is C31H30ClN3O5. The molecule has 6 rings (SSSR count). The van der Waals surface area contributed by atoms with Gasteiger partial charge >= 0.3 is 0 Å². The molecule has 8 nitrogen and oxygen atoms in total. The van der Waals surface area contributed by atoms with Crippen LogP contribution in [0.1, 0.15) is 52.0 Å². The third-order valence-corrected chi connectivity index (χ3v) is 7.95. The molecule has 206 valence electrons. The van der Waals surface area contributed by atoms with Gasteiger partial charge < -0.3 is 24.6 Å². The number of aliphatic hydroxyl groups is 3. The smallest absolute Gasteiger partial charge is 0.271 e. The van der Waals surface area contributed by atoms with E-state index in [9.17, 15) is 20.1 Å². The number of halogens is 1. The summed E-state index contributed by atoms with van der Waals surface area (Å²) in [6.45, 7) is 0. The van der Waals surface area contributed by atoms with E-state index in [0.29, 0.717) is 22.9 Å². The number of hydrazone groups is 1. The molecule has 0 spiro atoms. The van der Waals surface area contributed by atoms with Gasteiger partial charge in [0.15, 0.2) is 6.23 Å². The van der Waals surface area contributed by atoms with Gasteiger partial charge in [0.25, 0.3) is 5.91 Å². The summed E-state index contributed by atoms with van der Waals surface area (Å²) < 4.78 is 7.81. The lowest BCUT2D eigenvalue weighted by molar-refractivity contribution is -0.225. The molecule has 4 N–H and O–H groups in total. The van der Waals surface area contributed by atoms with Gasteiger partial charge in [-0.25, -0.2) is 5.43 Å². The van der Waals surface area contributed by atoms with Crippen LogP contribution in [0.15, 0.2) is 84.1 Å². The van der Waals surface area contributed by atoms with Crippen molar-refractivity contribution in [2.75, 3.05) is 0 Å². The first-order valence-electron chi connectivity index (χ1n) is 13.4. The maximum atomic E-state index is 12.3. The normalized spacial score (nSPS) is 24.9. The second-order valence-corrected chi connectivity index (χ2v) is 10.8.